The van der Waals surface area contributed by atoms with Crippen molar-refractivity contribution >= 4 is 23.1 Å². The summed E-state index contributed by atoms with van der Waals surface area (Å²) in [5.74, 6) is 0. The van der Waals surface area contributed by atoms with Gasteiger partial charge in [-0.05, 0) is 36.4 Å². The Hall–Kier alpha value is -1.88. The summed E-state index contributed by atoms with van der Waals surface area (Å²) < 4.78 is 0. The minimum absolute atomic E-state index is 0.0381. The lowest BCUT2D eigenvalue weighted by Crippen LogP contribution is -2.34. The molecule has 1 N–H and O–H groups in total. The van der Waals surface area contributed by atoms with Crippen molar-refractivity contribution in [1.29, 1.82) is 0 Å². The van der Waals surface area contributed by atoms with Crippen molar-refractivity contribution in [3.05, 3.63) is 46.9 Å². The summed E-state index contributed by atoms with van der Waals surface area (Å²) in [6, 6.07) is 7.98. The highest BCUT2D eigenvalue weighted by Gasteiger charge is 2.30. The van der Waals surface area contributed by atoms with Crippen molar-refractivity contribution in [2.45, 2.75) is 18.9 Å². The molecule has 1 unspecified atom stereocenters. The van der Waals surface area contributed by atoms with Crippen LogP contribution in [0.15, 0.2) is 42.0 Å². The number of thiophene rings is 1. The van der Waals surface area contributed by atoms with Gasteiger partial charge in [-0.25, -0.2) is 4.79 Å². The predicted octanol–water partition coefficient (Wildman–Crippen LogP) is 3.51. The van der Waals surface area contributed by atoms with Crippen LogP contribution in [-0.4, -0.2) is 22.5 Å². The second kappa shape index (κ2) is 5.40. The maximum Gasteiger partial charge on any atom is 0.322 e. The third-order valence-electron chi connectivity index (χ3n) is 3.30. The number of likely N-dealkylation sites (tertiary alicyclic amines) is 1. The lowest BCUT2D eigenvalue weighted by molar-refractivity contribution is 0.208. The zero-order chi connectivity index (χ0) is 13.1. The molecule has 1 fully saturated rings. The van der Waals surface area contributed by atoms with Gasteiger partial charge in [0.25, 0.3) is 0 Å². The smallest absolute Gasteiger partial charge is 0.317 e. The number of amides is 2. The molecular weight excluding hydrogens is 258 g/mol. The minimum Gasteiger partial charge on any atom is -0.317 e. The molecule has 2 amide bonds. The van der Waals surface area contributed by atoms with Gasteiger partial charge in [0.2, 0.25) is 0 Å². The first kappa shape index (κ1) is 12.2. The molecule has 1 aliphatic rings. The Kier molecular flexibility index (Phi) is 3.46. The zero-order valence-electron chi connectivity index (χ0n) is 10.5. The molecule has 0 saturated carbocycles. The molecule has 2 aromatic heterocycles. The van der Waals surface area contributed by atoms with Crippen LogP contribution in [0.5, 0.6) is 0 Å². The maximum absolute atomic E-state index is 12.3. The normalized spacial score (nSPS) is 18.5. The maximum atomic E-state index is 12.3. The van der Waals surface area contributed by atoms with Crippen molar-refractivity contribution in [3.8, 4) is 0 Å². The van der Waals surface area contributed by atoms with Crippen molar-refractivity contribution < 1.29 is 4.79 Å². The van der Waals surface area contributed by atoms with Crippen LogP contribution in [-0.2, 0) is 0 Å². The SMILES string of the molecule is O=C(Nc1cccnc1)N1CCCC1c1cccs1. The van der Waals surface area contributed by atoms with Crippen LogP contribution in [0.3, 0.4) is 0 Å². The second-order valence-corrected chi connectivity index (χ2v) is 5.52. The lowest BCUT2D eigenvalue weighted by atomic mass is 10.2. The van der Waals surface area contributed by atoms with Crippen molar-refractivity contribution in [2.24, 2.45) is 0 Å². The van der Waals surface area contributed by atoms with Gasteiger partial charge in [-0.1, -0.05) is 6.07 Å². The molecule has 0 aliphatic carbocycles. The Morgan fingerprint density at radius 2 is 2.37 bits per heavy atom. The number of carbonyl (C=O) groups excluding carboxylic acids is 1. The molecule has 0 radical (unpaired) electrons. The highest BCUT2D eigenvalue weighted by molar-refractivity contribution is 7.10. The number of nitrogens with zero attached hydrogens (tertiary/aromatic N) is 2. The number of hydrogen-bond acceptors (Lipinski definition) is 3. The van der Waals surface area contributed by atoms with Gasteiger partial charge in [-0.2, -0.15) is 0 Å². The summed E-state index contributed by atoms with van der Waals surface area (Å²) in [4.78, 5) is 19.5. The molecule has 3 heterocycles. The molecule has 4 nitrogen and oxygen atoms in total. The highest BCUT2D eigenvalue weighted by Crippen LogP contribution is 2.34. The molecule has 19 heavy (non-hydrogen) atoms. The van der Waals surface area contributed by atoms with Gasteiger partial charge in [-0.15, -0.1) is 11.3 Å². The number of urea groups is 1. The van der Waals surface area contributed by atoms with Gasteiger partial charge in [0.05, 0.1) is 17.9 Å². The largest absolute Gasteiger partial charge is 0.322 e. The Balaban J connectivity index is 1.72. The molecule has 0 spiro atoms. The minimum atomic E-state index is -0.0381. The Bertz CT molecular complexity index is 541. The van der Waals surface area contributed by atoms with Crippen LogP contribution in [0.2, 0.25) is 0 Å². The van der Waals surface area contributed by atoms with Crippen molar-refractivity contribution in [1.82, 2.24) is 9.88 Å². The van der Waals surface area contributed by atoms with Gasteiger partial charge < -0.3 is 10.2 Å². The summed E-state index contributed by atoms with van der Waals surface area (Å²) in [7, 11) is 0. The van der Waals surface area contributed by atoms with E-state index in [0.29, 0.717) is 0 Å². The summed E-state index contributed by atoms with van der Waals surface area (Å²) in [6.07, 6.45) is 5.46. The fourth-order valence-electron chi connectivity index (χ4n) is 2.42. The van der Waals surface area contributed by atoms with E-state index in [0.717, 1.165) is 25.1 Å². The Labute approximate surface area is 116 Å². The summed E-state index contributed by atoms with van der Waals surface area (Å²) in [5.41, 5.74) is 0.740. The third-order valence-corrected chi connectivity index (χ3v) is 4.27. The second-order valence-electron chi connectivity index (χ2n) is 4.54. The summed E-state index contributed by atoms with van der Waals surface area (Å²) >= 11 is 1.71. The monoisotopic (exact) mass is 273 g/mol. The van der Waals surface area contributed by atoms with E-state index in [2.05, 4.69) is 21.7 Å². The summed E-state index contributed by atoms with van der Waals surface area (Å²) in [5, 5.41) is 4.97. The predicted molar refractivity (Wildman–Crippen MR) is 76.3 cm³/mol. The van der Waals surface area contributed by atoms with Crippen LogP contribution >= 0.6 is 11.3 Å². The van der Waals surface area contributed by atoms with E-state index < -0.39 is 0 Å². The molecule has 1 aliphatic heterocycles. The van der Waals surface area contributed by atoms with Crippen molar-refractivity contribution in [2.75, 3.05) is 11.9 Å². The van der Waals surface area contributed by atoms with E-state index in [-0.39, 0.29) is 12.1 Å². The highest BCUT2D eigenvalue weighted by atomic mass is 32.1. The van der Waals surface area contributed by atoms with Gasteiger partial charge in [0.1, 0.15) is 0 Å². The number of anilines is 1. The van der Waals surface area contributed by atoms with Crippen LogP contribution < -0.4 is 5.32 Å². The van der Waals surface area contributed by atoms with Gasteiger partial charge >= 0.3 is 6.03 Å². The molecule has 2 aromatic rings. The van der Waals surface area contributed by atoms with Gasteiger partial charge in [0.15, 0.2) is 0 Å². The lowest BCUT2D eigenvalue weighted by Gasteiger charge is -2.24. The van der Waals surface area contributed by atoms with E-state index in [1.807, 2.05) is 23.1 Å². The number of nitrogens with one attached hydrogen (secondary N) is 1. The Morgan fingerprint density at radius 3 is 3.11 bits per heavy atom. The van der Waals surface area contributed by atoms with Gasteiger partial charge in [0, 0.05) is 17.6 Å². The van der Waals surface area contributed by atoms with E-state index in [1.54, 1.807) is 23.7 Å². The molecule has 5 heteroatoms. The average molecular weight is 273 g/mol. The molecule has 3 rings (SSSR count). The van der Waals surface area contributed by atoms with E-state index >= 15 is 0 Å². The first-order valence-electron chi connectivity index (χ1n) is 6.35. The molecule has 98 valence electrons. The Morgan fingerprint density at radius 1 is 1.42 bits per heavy atom. The van der Waals surface area contributed by atoms with Crippen LogP contribution in [0.25, 0.3) is 0 Å². The number of hydrogen-bond donors (Lipinski definition) is 1. The quantitative estimate of drug-likeness (QED) is 0.910. The molecular formula is C14H15N3OS. The fraction of sp³-hybridized carbons (Fsp3) is 0.286. The molecule has 0 bridgehead atoms. The number of rotatable bonds is 2. The third kappa shape index (κ3) is 2.61. The van der Waals surface area contributed by atoms with Crippen LogP contribution in [0.1, 0.15) is 23.8 Å². The van der Waals surface area contributed by atoms with E-state index in [1.165, 1.54) is 4.88 Å². The van der Waals surface area contributed by atoms with Crippen molar-refractivity contribution in [3.63, 3.8) is 0 Å². The molecule has 1 atom stereocenters. The molecule has 0 aromatic carbocycles. The average Bonchev–Trinajstić information content (AvgIpc) is 3.10. The van der Waals surface area contributed by atoms with Crippen LogP contribution in [0.4, 0.5) is 10.5 Å². The zero-order valence-corrected chi connectivity index (χ0v) is 11.3. The number of aromatic nitrogens is 1. The first-order valence-corrected chi connectivity index (χ1v) is 7.23. The number of pyridine rings is 1. The van der Waals surface area contributed by atoms with Crippen LogP contribution in [0, 0.1) is 0 Å². The fourth-order valence-corrected chi connectivity index (χ4v) is 3.29. The van der Waals surface area contributed by atoms with E-state index in [9.17, 15) is 4.79 Å². The van der Waals surface area contributed by atoms with E-state index in [4.69, 9.17) is 0 Å². The number of carbonyl (C=O) groups is 1. The first-order chi connectivity index (χ1) is 9.34. The summed E-state index contributed by atoms with van der Waals surface area (Å²) in [6.45, 7) is 0.814. The standard InChI is InChI=1S/C14H15N3OS/c18-14(16-11-4-1-7-15-10-11)17-8-2-5-12(17)13-6-3-9-19-13/h1,3-4,6-7,9-10,12H,2,5,8H2,(H,16,18). The van der Waals surface area contributed by atoms with Gasteiger partial charge in [-0.3, -0.25) is 4.98 Å². The molecule has 1 saturated heterocycles. The topological polar surface area (TPSA) is 45.2 Å².